The summed E-state index contributed by atoms with van der Waals surface area (Å²) >= 11 is 0. The van der Waals surface area contributed by atoms with Gasteiger partial charge in [-0.05, 0) is 29.8 Å². The van der Waals surface area contributed by atoms with Crippen molar-refractivity contribution in [3.05, 3.63) is 72.4 Å². The smallest absolute Gasteiger partial charge is 0.270 e. The first-order valence-corrected chi connectivity index (χ1v) is 8.51. The summed E-state index contributed by atoms with van der Waals surface area (Å²) < 4.78 is 8.69. The quantitative estimate of drug-likeness (QED) is 0.593. The third-order valence-corrected chi connectivity index (χ3v) is 4.39. The van der Waals surface area contributed by atoms with Crippen LogP contribution in [-0.2, 0) is 13.6 Å². The molecule has 0 spiro atoms. The van der Waals surface area contributed by atoms with Crippen LogP contribution in [0.1, 0.15) is 16.1 Å². The molecule has 7 nitrogen and oxygen atoms in total. The van der Waals surface area contributed by atoms with E-state index in [4.69, 9.17) is 4.74 Å². The van der Waals surface area contributed by atoms with Gasteiger partial charge in [0.1, 0.15) is 17.1 Å². The number of methoxy groups -OCH3 is 1. The summed E-state index contributed by atoms with van der Waals surface area (Å²) in [5.74, 6) is 0.608. The SMILES string of the molecule is COc1ccc(CNC(=O)c2cnc3ccc(-c4cnn(C)c4)cn23)cc1. The lowest BCUT2D eigenvalue weighted by atomic mass is 10.2. The van der Waals surface area contributed by atoms with E-state index in [1.165, 1.54) is 0 Å². The highest BCUT2D eigenvalue weighted by atomic mass is 16.5. The first kappa shape index (κ1) is 16.8. The maximum atomic E-state index is 12.7. The molecule has 7 heteroatoms. The van der Waals surface area contributed by atoms with E-state index in [0.29, 0.717) is 12.2 Å². The predicted molar refractivity (Wildman–Crippen MR) is 102 cm³/mol. The van der Waals surface area contributed by atoms with Crippen LogP contribution in [0.5, 0.6) is 5.75 Å². The number of pyridine rings is 1. The standard InChI is InChI=1S/C20H19N5O2/c1-24-12-16(10-23-24)15-5-8-19-21-11-18(25(19)13-15)20(26)22-9-14-3-6-17(27-2)7-4-14/h3-8,10-13H,9H2,1-2H3,(H,22,26). The first-order chi connectivity index (χ1) is 13.1. The molecule has 0 saturated heterocycles. The van der Waals surface area contributed by atoms with E-state index in [-0.39, 0.29) is 5.91 Å². The van der Waals surface area contributed by atoms with Gasteiger partial charge in [-0.1, -0.05) is 12.1 Å². The molecule has 0 aliphatic carbocycles. The minimum absolute atomic E-state index is 0.179. The number of carbonyl (C=O) groups is 1. The molecule has 136 valence electrons. The van der Waals surface area contributed by atoms with Gasteiger partial charge in [-0.2, -0.15) is 5.10 Å². The zero-order chi connectivity index (χ0) is 18.8. The fourth-order valence-electron chi connectivity index (χ4n) is 2.91. The van der Waals surface area contributed by atoms with Crippen LogP contribution in [0.4, 0.5) is 0 Å². The molecule has 1 aromatic carbocycles. The normalized spacial score (nSPS) is 10.9. The largest absolute Gasteiger partial charge is 0.497 e. The number of imidazole rings is 1. The molecule has 1 N–H and O–H groups in total. The van der Waals surface area contributed by atoms with E-state index in [2.05, 4.69) is 15.4 Å². The number of ether oxygens (including phenoxy) is 1. The molecule has 0 aliphatic rings. The van der Waals surface area contributed by atoms with E-state index >= 15 is 0 Å². The number of nitrogens with one attached hydrogen (secondary N) is 1. The van der Waals surface area contributed by atoms with Gasteiger partial charge in [0, 0.05) is 37.1 Å². The van der Waals surface area contributed by atoms with Crippen LogP contribution in [0, 0.1) is 0 Å². The average Bonchev–Trinajstić information content (AvgIpc) is 3.32. The minimum Gasteiger partial charge on any atom is -0.497 e. The lowest BCUT2D eigenvalue weighted by molar-refractivity contribution is 0.0945. The van der Waals surface area contributed by atoms with E-state index in [0.717, 1.165) is 28.1 Å². The van der Waals surface area contributed by atoms with Crippen LogP contribution in [0.2, 0.25) is 0 Å². The van der Waals surface area contributed by atoms with Gasteiger partial charge in [0.05, 0.1) is 19.5 Å². The molecule has 4 rings (SSSR count). The molecule has 4 aromatic rings. The van der Waals surface area contributed by atoms with Gasteiger partial charge in [-0.15, -0.1) is 0 Å². The van der Waals surface area contributed by atoms with E-state index in [1.807, 2.05) is 55.8 Å². The topological polar surface area (TPSA) is 73.4 Å². The third kappa shape index (κ3) is 3.39. The summed E-state index contributed by atoms with van der Waals surface area (Å²) in [4.78, 5) is 17.0. The Labute approximate surface area is 156 Å². The maximum absolute atomic E-state index is 12.7. The molecule has 0 aliphatic heterocycles. The zero-order valence-electron chi connectivity index (χ0n) is 15.1. The summed E-state index contributed by atoms with van der Waals surface area (Å²) in [6.45, 7) is 0.429. The van der Waals surface area contributed by atoms with Crippen LogP contribution in [0.3, 0.4) is 0 Å². The van der Waals surface area contributed by atoms with Crippen LogP contribution in [0.25, 0.3) is 16.8 Å². The Hall–Kier alpha value is -3.61. The van der Waals surface area contributed by atoms with Crippen molar-refractivity contribution in [1.82, 2.24) is 24.5 Å². The van der Waals surface area contributed by atoms with Gasteiger partial charge in [-0.25, -0.2) is 4.98 Å². The second-order valence-corrected chi connectivity index (χ2v) is 6.22. The zero-order valence-corrected chi connectivity index (χ0v) is 15.1. The molecule has 3 heterocycles. The number of benzene rings is 1. The van der Waals surface area contributed by atoms with Crippen molar-refractivity contribution in [2.75, 3.05) is 7.11 Å². The Morgan fingerprint density at radius 2 is 1.89 bits per heavy atom. The van der Waals surface area contributed by atoms with Crippen molar-refractivity contribution in [1.29, 1.82) is 0 Å². The van der Waals surface area contributed by atoms with Crippen LogP contribution in [-0.4, -0.2) is 32.2 Å². The molecular formula is C20H19N5O2. The van der Waals surface area contributed by atoms with Gasteiger partial charge in [0.15, 0.2) is 0 Å². The van der Waals surface area contributed by atoms with Crippen molar-refractivity contribution in [2.24, 2.45) is 7.05 Å². The van der Waals surface area contributed by atoms with Gasteiger partial charge < -0.3 is 10.1 Å². The van der Waals surface area contributed by atoms with Crippen molar-refractivity contribution in [2.45, 2.75) is 6.54 Å². The molecule has 1 amide bonds. The van der Waals surface area contributed by atoms with Crippen molar-refractivity contribution < 1.29 is 9.53 Å². The number of fused-ring (bicyclic) bond motifs is 1. The fourth-order valence-corrected chi connectivity index (χ4v) is 2.91. The molecule has 3 aromatic heterocycles. The monoisotopic (exact) mass is 361 g/mol. The summed E-state index contributed by atoms with van der Waals surface area (Å²) in [5, 5.41) is 7.13. The number of aromatic nitrogens is 4. The summed E-state index contributed by atoms with van der Waals surface area (Å²) in [6, 6.07) is 11.5. The van der Waals surface area contributed by atoms with Gasteiger partial charge >= 0.3 is 0 Å². The Morgan fingerprint density at radius 1 is 1.07 bits per heavy atom. The first-order valence-electron chi connectivity index (χ1n) is 8.51. The highest BCUT2D eigenvalue weighted by molar-refractivity contribution is 5.93. The van der Waals surface area contributed by atoms with Crippen molar-refractivity contribution in [3.8, 4) is 16.9 Å². The molecule has 0 bridgehead atoms. The number of hydrogen-bond acceptors (Lipinski definition) is 4. The molecule has 0 atom stereocenters. The Kier molecular flexibility index (Phi) is 4.33. The minimum atomic E-state index is -0.179. The van der Waals surface area contributed by atoms with Gasteiger partial charge in [0.25, 0.3) is 5.91 Å². The molecule has 0 radical (unpaired) electrons. The summed E-state index contributed by atoms with van der Waals surface area (Å²) in [6.07, 6.45) is 7.22. The Bertz CT molecular complexity index is 1100. The van der Waals surface area contributed by atoms with Crippen LogP contribution in [0.15, 0.2) is 61.2 Å². The van der Waals surface area contributed by atoms with E-state index in [1.54, 1.807) is 28.6 Å². The Balaban J connectivity index is 1.55. The fraction of sp³-hybridized carbons (Fsp3) is 0.150. The number of aryl methyl sites for hydroxylation is 1. The summed E-state index contributed by atoms with van der Waals surface area (Å²) in [7, 11) is 3.50. The second-order valence-electron chi connectivity index (χ2n) is 6.22. The third-order valence-electron chi connectivity index (χ3n) is 4.39. The van der Waals surface area contributed by atoms with Crippen LogP contribution >= 0.6 is 0 Å². The Morgan fingerprint density at radius 3 is 2.59 bits per heavy atom. The maximum Gasteiger partial charge on any atom is 0.270 e. The second kappa shape index (κ2) is 6.95. The molecule has 0 fully saturated rings. The van der Waals surface area contributed by atoms with Crippen molar-refractivity contribution in [3.63, 3.8) is 0 Å². The molecule has 0 unspecified atom stereocenters. The summed E-state index contributed by atoms with van der Waals surface area (Å²) in [5.41, 5.74) is 4.16. The molecule has 27 heavy (non-hydrogen) atoms. The highest BCUT2D eigenvalue weighted by Gasteiger charge is 2.13. The number of rotatable bonds is 5. The van der Waals surface area contributed by atoms with E-state index in [9.17, 15) is 4.79 Å². The number of amides is 1. The molecular weight excluding hydrogens is 342 g/mol. The number of hydrogen-bond donors (Lipinski definition) is 1. The lowest BCUT2D eigenvalue weighted by Crippen LogP contribution is -2.24. The number of carbonyl (C=O) groups excluding carboxylic acids is 1. The number of nitrogens with zero attached hydrogens (tertiary/aromatic N) is 4. The van der Waals surface area contributed by atoms with Gasteiger partial charge in [-0.3, -0.25) is 13.9 Å². The van der Waals surface area contributed by atoms with Gasteiger partial charge in [0.2, 0.25) is 0 Å². The van der Waals surface area contributed by atoms with E-state index < -0.39 is 0 Å². The average molecular weight is 361 g/mol. The molecule has 0 saturated carbocycles. The lowest BCUT2D eigenvalue weighted by Gasteiger charge is -2.07. The highest BCUT2D eigenvalue weighted by Crippen LogP contribution is 2.20. The van der Waals surface area contributed by atoms with Crippen LogP contribution < -0.4 is 10.1 Å². The van der Waals surface area contributed by atoms with Crippen molar-refractivity contribution >= 4 is 11.6 Å². The predicted octanol–water partition coefficient (Wildman–Crippen LogP) is 2.67.